The lowest BCUT2D eigenvalue weighted by atomic mass is 9.89. The van der Waals surface area contributed by atoms with Gasteiger partial charge in [-0.05, 0) is 43.7 Å². The number of hydrogen-bond donors (Lipinski definition) is 2. The molecule has 216 valence electrons. The number of morpholine rings is 1. The first kappa shape index (κ1) is 28.2. The van der Waals surface area contributed by atoms with E-state index < -0.39 is 6.43 Å². The molecule has 2 aliphatic rings. The second-order valence-electron chi connectivity index (χ2n) is 10.9. The van der Waals surface area contributed by atoms with Crippen molar-refractivity contribution < 1.29 is 18.3 Å². The van der Waals surface area contributed by atoms with Crippen molar-refractivity contribution in [3.63, 3.8) is 0 Å². The molecule has 12 heteroatoms. The summed E-state index contributed by atoms with van der Waals surface area (Å²) in [6.45, 7) is 7.37. The average molecular weight is 557 g/mol. The highest BCUT2D eigenvalue weighted by Crippen LogP contribution is 2.33. The van der Waals surface area contributed by atoms with Gasteiger partial charge in [-0.3, -0.25) is 9.36 Å². The molecule has 3 heterocycles. The topological polar surface area (TPSA) is 114 Å². The minimum absolute atomic E-state index is 0.0169. The van der Waals surface area contributed by atoms with E-state index in [0.29, 0.717) is 60.8 Å². The van der Waals surface area contributed by atoms with Crippen molar-refractivity contribution in [2.24, 2.45) is 11.7 Å². The molecule has 10 nitrogen and oxygen atoms in total. The largest absolute Gasteiger partial charge is 0.378 e. The summed E-state index contributed by atoms with van der Waals surface area (Å²) in [6, 6.07) is 9.22. The third kappa shape index (κ3) is 6.17. The summed E-state index contributed by atoms with van der Waals surface area (Å²) < 4.78 is 35.6. The van der Waals surface area contributed by atoms with Gasteiger partial charge < -0.3 is 25.6 Å². The van der Waals surface area contributed by atoms with Gasteiger partial charge in [-0.25, -0.2) is 13.8 Å². The molecule has 1 aromatic carbocycles. The van der Waals surface area contributed by atoms with E-state index >= 15 is 0 Å². The van der Waals surface area contributed by atoms with Crippen molar-refractivity contribution in [2.45, 2.75) is 58.0 Å². The number of benzene rings is 1. The molecule has 3 aromatic rings. The molecule has 3 N–H and O–H groups in total. The molecule has 1 aliphatic carbocycles. The monoisotopic (exact) mass is 556 g/mol. The highest BCUT2D eigenvalue weighted by atomic mass is 19.3. The number of fused-ring (bicyclic) bond motifs is 1. The third-order valence-corrected chi connectivity index (χ3v) is 7.54. The van der Waals surface area contributed by atoms with Crippen molar-refractivity contribution in [2.75, 3.05) is 49.2 Å². The molecule has 5 rings (SSSR count). The van der Waals surface area contributed by atoms with Gasteiger partial charge in [0.25, 0.3) is 6.43 Å². The number of amides is 1. The molecule has 0 bridgehead atoms. The summed E-state index contributed by atoms with van der Waals surface area (Å²) in [4.78, 5) is 30.2. The number of nitrogens with one attached hydrogen (secondary N) is 1. The van der Waals surface area contributed by atoms with Gasteiger partial charge in [0.15, 0.2) is 5.82 Å². The Morgan fingerprint density at radius 3 is 2.52 bits per heavy atom. The van der Waals surface area contributed by atoms with Crippen LogP contribution in [0.1, 0.15) is 51.8 Å². The zero-order chi connectivity index (χ0) is 28.2. The van der Waals surface area contributed by atoms with E-state index in [4.69, 9.17) is 20.4 Å². The van der Waals surface area contributed by atoms with E-state index in [2.05, 4.69) is 29.0 Å². The van der Waals surface area contributed by atoms with Crippen LogP contribution in [0, 0.1) is 5.92 Å². The van der Waals surface area contributed by atoms with Crippen LogP contribution >= 0.6 is 0 Å². The number of aromatic nitrogens is 4. The lowest BCUT2D eigenvalue weighted by molar-refractivity contribution is -0.120. The summed E-state index contributed by atoms with van der Waals surface area (Å²) in [7, 11) is 0. The number of anilines is 2. The summed E-state index contributed by atoms with van der Waals surface area (Å²) in [5, 5.41) is 3.01. The molecule has 1 aliphatic heterocycles. The summed E-state index contributed by atoms with van der Waals surface area (Å²) in [5.41, 5.74) is 6.55. The normalized spacial score (nSPS) is 19.9. The Morgan fingerprint density at radius 1 is 1.12 bits per heavy atom. The number of hydrogen-bond acceptors (Lipinski definition) is 8. The Kier molecular flexibility index (Phi) is 8.75. The van der Waals surface area contributed by atoms with E-state index in [1.165, 1.54) is 4.57 Å². The van der Waals surface area contributed by atoms with Gasteiger partial charge in [0.05, 0.1) is 30.8 Å². The van der Waals surface area contributed by atoms with E-state index in [1.54, 1.807) is 18.2 Å². The number of rotatable bonds is 9. The maximum atomic E-state index is 14.3. The number of alkyl halides is 2. The van der Waals surface area contributed by atoms with Crippen molar-refractivity contribution in [1.29, 1.82) is 0 Å². The summed E-state index contributed by atoms with van der Waals surface area (Å²) >= 11 is 0. The highest BCUT2D eigenvalue weighted by Gasteiger charge is 2.30. The van der Waals surface area contributed by atoms with E-state index in [1.807, 2.05) is 17.0 Å². The molecule has 0 radical (unpaired) electrons. The summed E-state index contributed by atoms with van der Waals surface area (Å²) in [6.07, 6.45) is 0.626. The van der Waals surface area contributed by atoms with Gasteiger partial charge >= 0.3 is 0 Å². The molecule has 0 unspecified atom stereocenters. The number of carbonyl (C=O) groups is 1. The van der Waals surface area contributed by atoms with Crippen LogP contribution in [0.15, 0.2) is 30.3 Å². The Labute approximate surface area is 232 Å². The van der Waals surface area contributed by atoms with Crippen molar-refractivity contribution >= 4 is 28.7 Å². The minimum Gasteiger partial charge on any atom is -0.378 e. The molecule has 0 spiro atoms. The van der Waals surface area contributed by atoms with Crippen LogP contribution in [-0.4, -0.2) is 76.9 Å². The molecule has 1 saturated heterocycles. The number of ether oxygens (including phenoxy) is 1. The van der Waals surface area contributed by atoms with Crippen LogP contribution < -0.4 is 20.9 Å². The number of para-hydroxylation sites is 2. The number of carbonyl (C=O) groups excluding carboxylic acids is 1. The van der Waals surface area contributed by atoms with Crippen LogP contribution in [0.25, 0.3) is 16.9 Å². The zero-order valence-electron chi connectivity index (χ0n) is 23.1. The Bertz CT molecular complexity index is 1300. The predicted octanol–water partition coefficient (Wildman–Crippen LogP) is 3.44. The first-order valence-corrected chi connectivity index (χ1v) is 14.1. The van der Waals surface area contributed by atoms with Crippen molar-refractivity contribution in [3.05, 3.63) is 36.2 Å². The standard InChI is InChI=1S/C28H38F2N8O2/c1-18(2)17-37(20-9-7-19(8-10-20)32-25(39)16-31)23-15-24(35-28(34-23)36-11-13-40-14-12-36)38-22-6-4-3-5-21(22)33-27(38)26(29)30/h3-6,15,18-20,26H,7-14,16-17,31H2,1-2H3,(H,32,39). The lowest BCUT2D eigenvalue weighted by Gasteiger charge is -2.39. The SMILES string of the molecule is CC(C)CN(c1cc(-n2c(C(F)F)nc3ccccc32)nc(N2CCOCC2)n1)C1CCC(NC(=O)CN)CC1. The third-order valence-electron chi connectivity index (χ3n) is 7.54. The molecule has 40 heavy (non-hydrogen) atoms. The Balaban J connectivity index is 1.57. The maximum Gasteiger partial charge on any atom is 0.296 e. The van der Waals surface area contributed by atoms with Gasteiger partial charge in [-0.2, -0.15) is 9.97 Å². The van der Waals surface area contributed by atoms with E-state index in [0.717, 1.165) is 32.2 Å². The quantitative estimate of drug-likeness (QED) is 0.412. The fourth-order valence-electron chi connectivity index (χ4n) is 5.65. The number of halogens is 2. The molecule has 2 aromatic heterocycles. The van der Waals surface area contributed by atoms with Crippen LogP contribution in [0.3, 0.4) is 0 Å². The van der Waals surface area contributed by atoms with E-state index in [9.17, 15) is 13.6 Å². The zero-order valence-corrected chi connectivity index (χ0v) is 23.1. The Hall–Kier alpha value is -3.38. The fraction of sp³-hybridized carbons (Fsp3) is 0.571. The molecule has 1 saturated carbocycles. The lowest BCUT2D eigenvalue weighted by Crippen LogP contribution is -2.46. The maximum absolute atomic E-state index is 14.3. The highest BCUT2D eigenvalue weighted by molar-refractivity contribution is 5.78. The van der Waals surface area contributed by atoms with Crippen molar-refractivity contribution in [3.8, 4) is 5.82 Å². The summed E-state index contributed by atoms with van der Waals surface area (Å²) in [5.74, 6) is 1.42. The first-order chi connectivity index (χ1) is 19.3. The van der Waals surface area contributed by atoms with Gasteiger partial charge in [-0.15, -0.1) is 0 Å². The van der Waals surface area contributed by atoms with Gasteiger partial charge in [-0.1, -0.05) is 26.0 Å². The average Bonchev–Trinajstić information content (AvgIpc) is 3.37. The van der Waals surface area contributed by atoms with Crippen molar-refractivity contribution in [1.82, 2.24) is 24.8 Å². The van der Waals surface area contributed by atoms with Gasteiger partial charge in [0.2, 0.25) is 11.9 Å². The van der Waals surface area contributed by atoms with Crippen LogP contribution in [-0.2, 0) is 9.53 Å². The van der Waals surface area contributed by atoms with Gasteiger partial charge in [0, 0.05) is 37.8 Å². The predicted molar refractivity (Wildman–Crippen MR) is 150 cm³/mol. The van der Waals surface area contributed by atoms with E-state index in [-0.39, 0.29) is 30.4 Å². The Morgan fingerprint density at radius 2 is 1.85 bits per heavy atom. The molecule has 1 amide bonds. The smallest absolute Gasteiger partial charge is 0.296 e. The van der Waals surface area contributed by atoms with Crippen LogP contribution in [0.2, 0.25) is 0 Å². The second-order valence-corrected chi connectivity index (χ2v) is 10.9. The van der Waals surface area contributed by atoms with Gasteiger partial charge in [0.1, 0.15) is 11.6 Å². The number of imidazole rings is 1. The molecule has 2 fully saturated rings. The number of nitrogens with two attached hydrogens (primary N) is 1. The van der Waals surface area contributed by atoms with Crippen LogP contribution in [0.4, 0.5) is 20.5 Å². The number of nitrogens with zero attached hydrogens (tertiary/aromatic N) is 6. The first-order valence-electron chi connectivity index (χ1n) is 14.1. The van der Waals surface area contributed by atoms with Crippen LogP contribution in [0.5, 0.6) is 0 Å². The molecule has 0 atom stereocenters. The second kappa shape index (κ2) is 12.4. The fourth-order valence-corrected chi connectivity index (χ4v) is 5.65. The molecular formula is C28H38F2N8O2. The molecular weight excluding hydrogens is 518 g/mol. The minimum atomic E-state index is -2.77.